The quantitative estimate of drug-likeness (QED) is 0.226. The van der Waals surface area contributed by atoms with Crippen LogP contribution in [-0.2, 0) is 11.0 Å². The molecule has 0 radical (unpaired) electrons. The number of likely N-dealkylation sites (tertiary alicyclic amines) is 1. The minimum Gasteiger partial charge on any atom is -0.437 e. The maximum atomic E-state index is 13.2. The van der Waals surface area contributed by atoms with Crippen LogP contribution in [0.2, 0.25) is 0 Å². The number of benzene rings is 2. The van der Waals surface area contributed by atoms with E-state index in [9.17, 15) is 18.0 Å². The molecule has 41 heavy (non-hydrogen) atoms. The van der Waals surface area contributed by atoms with E-state index >= 15 is 0 Å². The molecule has 0 atom stereocenters. The van der Waals surface area contributed by atoms with Crippen molar-refractivity contribution in [1.29, 1.82) is 0 Å². The first-order valence-corrected chi connectivity index (χ1v) is 14.2. The number of anilines is 2. The maximum absolute atomic E-state index is 13.2. The van der Waals surface area contributed by atoms with Gasteiger partial charge in [-0.05, 0) is 64.0 Å². The molecule has 1 aliphatic heterocycles. The van der Waals surface area contributed by atoms with Crippen molar-refractivity contribution in [1.82, 2.24) is 19.9 Å². The van der Waals surface area contributed by atoms with Crippen molar-refractivity contribution >= 4 is 38.5 Å². The first-order chi connectivity index (χ1) is 19.5. The Morgan fingerprint density at radius 2 is 1.76 bits per heavy atom. The van der Waals surface area contributed by atoms with E-state index in [-0.39, 0.29) is 17.3 Å². The second kappa shape index (κ2) is 11.6. The van der Waals surface area contributed by atoms with Crippen LogP contribution in [0.3, 0.4) is 0 Å². The summed E-state index contributed by atoms with van der Waals surface area (Å²) in [5, 5.41) is 6.47. The molecule has 1 aliphatic rings. The van der Waals surface area contributed by atoms with Gasteiger partial charge in [-0.3, -0.25) is 9.69 Å². The normalized spacial score (nSPS) is 14.7. The number of halogens is 3. The van der Waals surface area contributed by atoms with Crippen LogP contribution in [0.1, 0.15) is 45.6 Å². The topological polar surface area (TPSA) is 92.3 Å². The maximum Gasteiger partial charge on any atom is 0.416 e. The van der Waals surface area contributed by atoms with Crippen LogP contribution < -0.4 is 15.4 Å². The Morgan fingerprint density at radius 3 is 2.44 bits per heavy atom. The summed E-state index contributed by atoms with van der Waals surface area (Å²) in [4.78, 5) is 27.7. The summed E-state index contributed by atoms with van der Waals surface area (Å²) in [5.41, 5.74) is 0.548. The van der Waals surface area contributed by atoms with Gasteiger partial charge >= 0.3 is 6.18 Å². The van der Waals surface area contributed by atoms with Gasteiger partial charge in [0.15, 0.2) is 10.9 Å². The van der Waals surface area contributed by atoms with E-state index in [2.05, 4.69) is 44.3 Å². The number of amides is 1. The minimum absolute atomic E-state index is 0.165. The number of thiazole rings is 1. The second-order valence-electron chi connectivity index (χ2n) is 10.6. The van der Waals surface area contributed by atoms with Crippen LogP contribution >= 0.6 is 11.3 Å². The standard InChI is InChI=1S/C29H31F3N6O2S/c1-18(39)34-27-37-25-22(8-7-9-23(25)41-27)40-24-16-21(19-10-12-20(13-11-19)29(30,31)32)35-26(36-24)33-17-28(2,3)38-14-5-4-6-15-38/h7-13,16H,4-6,14-15,17H2,1-3H3,(H,33,35,36)(H,34,37,39). The molecule has 1 amide bonds. The average molecular weight is 585 g/mol. The SMILES string of the molecule is CC(=O)Nc1nc2c(Oc3cc(-c4ccc(C(F)(F)F)cc4)nc(NCC(C)(C)N4CCCCC4)n3)cccc2s1. The predicted octanol–water partition coefficient (Wildman–Crippen LogP) is 7.20. The lowest BCUT2D eigenvalue weighted by Gasteiger charge is -2.41. The molecule has 0 aliphatic carbocycles. The number of nitrogens with one attached hydrogen (secondary N) is 2. The molecule has 216 valence electrons. The van der Waals surface area contributed by atoms with E-state index in [1.807, 2.05) is 12.1 Å². The fourth-order valence-electron chi connectivity index (χ4n) is 4.76. The van der Waals surface area contributed by atoms with Crippen molar-refractivity contribution in [3.05, 3.63) is 54.1 Å². The summed E-state index contributed by atoms with van der Waals surface area (Å²) in [6.07, 6.45) is -0.884. The summed E-state index contributed by atoms with van der Waals surface area (Å²) in [5.74, 6) is 0.695. The van der Waals surface area contributed by atoms with Crippen molar-refractivity contribution in [2.75, 3.05) is 30.3 Å². The number of alkyl halides is 3. The van der Waals surface area contributed by atoms with Gasteiger partial charge in [0.2, 0.25) is 17.7 Å². The Labute approximate surface area is 240 Å². The van der Waals surface area contributed by atoms with Gasteiger partial charge in [-0.25, -0.2) is 9.97 Å². The van der Waals surface area contributed by atoms with E-state index in [0.717, 1.165) is 42.8 Å². The number of hydrogen-bond donors (Lipinski definition) is 2. The third kappa shape index (κ3) is 6.94. The lowest BCUT2D eigenvalue weighted by Crippen LogP contribution is -2.51. The molecular weight excluding hydrogens is 553 g/mol. The first kappa shape index (κ1) is 28.7. The van der Waals surface area contributed by atoms with E-state index in [1.165, 1.54) is 36.8 Å². The molecule has 0 bridgehead atoms. The number of hydrogen-bond acceptors (Lipinski definition) is 8. The van der Waals surface area contributed by atoms with Crippen LogP contribution in [0.25, 0.3) is 21.5 Å². The third-order valence-corrected chi connectivity index (χ3v) is 7.92. The molecule has 0 unspecified atom stereocenters. The minimum atomic E-state index is -4.44. The Hall–Kier alpha value is -3.77. The smallest absolute Gasteiger partial charge is 0.416 e. The number of fused-ring (bicyclic) bond motifs is 1. The molecule has 0 spiro atoms. The van der Waals surface area contributed by atoms with Gasteiger partial charge in [0.05, 0.1) is 16.0 Å². The fourth-order valence-corrected chi connectivity index (χ4v) is 5.69. The molecule has 1 fully saturated rings. The Balaban J connectivity index is 1.47. The number of para-hydroxylation sites is 1. The summed E-state index contributed by atoms with van der Waals surface area (Å²) in [6, 6.07) is 11.8. The van der Waals surface area contributed by atoms with Gasteiger partial charge in [-0.1, -0.05) is 36.0 Å². The second-order valence-corrected chi connectivity index (χ2v) is 11.6. The number of aromatic nitrogens is 3. The van der Waals surface area contributed by atoms with E-state index < -0.39 is 11.7 Å². The number of ether oxygens (including phenoxy) is 1. The summed E-state index contributed by atoms with van der Waals surface area (Å²) in [6.45, 7) is 8.34. The van der Waals surface area contributed by atoms with Crippen molar-refractivity contribution in [2.45, 2.75) is 51.7 Å². The third-order valence-electron chi connectivity index (χ3n) is 6.98. The van der Waals surface area contributed by atoms with Crippen molar-refractivity contribution < 1.29 is 22.7 Å². The predicted molar refractivity (Wildman–Crippen MR) is 154 cm³/mol. The van der Waals surface area contributed by atoms with Crippen molar-refractivity contribution in [3.8, 4) is 22.9 Å². The zero-order valence-electron chi connectivity index (χ0n) is 23.0. The molecule has 3 heterocycles. The summed E-state index contributed by atoms with van der Waals surface area (Å²) < 4.78 is 46.5. The van der Waals surface area contributed by atoms with Crippen LogP contribution in [0, 0.1) is 0 Å². The number of carbonyl (C=O) groups excluding carboxylic acids is 1. The molecule has 2 N–H and O–H groups in total. The Bertz CT molecular complexity index is 1530. The van der Waals surface area contributed by atoms with Crippen molar-refractivity contribution in [3.63, 3.8) is 0 Å². The van der Waals surface area contributed by atoms with Crippen molar-refractivity contribution in [2.24, 2.45) is 0 Å². The fraction of sp³-hybridized carbons (Fsp3) is 0.379. The van der Waals surface area contributed by atoms with E-state index in [4.69, 9.17) is 4.74 Å². The zero-order valence-corrected chi connectivity index (χ0v) is 23.8. The highest BCUT2D eigenvalue weighted by atomic mass is 32.1. The average Bonchev–Trinajstić information content (AvgIpc) is 3.35. The molecule has 4 aromatic rings. The molecular formula is C29H31F3N6O2S. The van der Waals surface area contributed by atoms with E-state index in [0.29, 0.717) is 40.1 Å². The largest absolute Gasteiger partial charge is 0.437 e. The van der Waals surface area contributed by atoms with Gasteiger partial charge in [-0.15, -0.1) is 0 Å². The zero-order chi connectivity index (χ0) is 29.2. The van der Waals surface area contributed by atoms with Crippen LogP contribution in [0.15, 0.2) is 48.5 Å². The Morgan fingerprint density at radius 1 is 1.02 bits per heavy atom. The molecule has 2 aromatic heterocycles. The number of nitrogens with zero attached hydrogens (tertiary/aromatic N) is 4. The first-order valence-electron chi connectivity index (χ1n) is 13.4. The highest BCUT2D eigenvalue weighted by Crippen LogP contribution is 2.36. The summed E-state index contributed by atoms with van der Waals surface area (Å²) >= 11 is 1.32. The molecule has 0 saturated carbocycles. The van der Waals surface area contributed by atoms with Gasteiger partial charge in [-0.2, -0.15) is 18.2 Å². The molecule has 12 heteroatoms. The van der Waals surface area contributed by atoms with Gasteiger partial charge < -0.3 is 15.4 Å². The van der Waals surface area contributed by atoms with Crippen LogP contribution in [0.5, 0.6) is 11.6 Å². The number of carbonyl (C=O) groups is 1. The monoisotopic (exact) mass is 584 g/mol. The lowest BCUT2D eigenvalue weighted by molar-refractivity contribution is -0.137. The molecule has 2 aromatic carbocycles. The van der Waals surface area contributed by atoms with Crippen LogP contribution in [-0.4, -0.2) is 50.9 Å². The summed E-state index contributed by atoms with van der Waals surface area (Å²) in [7, 11) is 0. The Kier molecular flexibility index (Phi) is 8.14. The highest BCUT2D eigenvalue weighted by molar-refractivity contribution is 7.22. The number of piperidine rings is 1. The molecule has 5 rings (SSSR count). The highest BCUT2D eigenvalue weighted by Gasteiger charge is 2.30. The van der Waals surface area contributed by atoms with Gasteiger partial charge in [0.25, 0.3) is 0 Å². The van der Waals surface area contributed by atoms with Gasteiger partial charge in [0.1, 0.15) is 5.52 Å². The lowest BCUT2D eigenvalue weighted by atomic mass is 9.98. The number of rotatable bonds is 8. The molecule has 1 saturated heterocycles. The molecule has 8 nitrogen and oxygen atoms in total. The van der Waals surface area contributed by atoms with Crippen LogP contribution in [0.4, 0.5) is 24.3 Å². The van der Waals surface area contributed by atoms with Gasteiger partial charge in [0, 0.05) is 30.6 Å². The van der Waals surface area contributed by atoms with E-state index in [1.54, 1.807) is 12.1 Å².